The number of rotatable bonds is 14. The van der Waals surface area contributed by atoms with Crippen LogP contribution >= 0.6 is 0 Å². The number of carbonyl (C=O) groups is 2. The highest BCUT2D eigenvalue weighted by Crippen LogP contribution is 2.24. The fourth-order valence-corrected chi connectivity index (χ4v) is 5.94. The Morgan fingerprint density at radius 3 is 2.28 bits per heavy atom. The zero-order valence-electron chi connectivity index (χ0n) is 23.4. The summed E-state index contributed by atoms with van der Waals surface area (Å²) in [6, 6.07) is 13.8. The molecule has 2 amide bonds. The maximum Gasteiger partial charge on any atom is 0.243 e. The van der Waals surface area contributed by atoms with E-state index in [-0.39, 0.29) is 37.4 Å². The van der Waals surface area contributed by atoms with Gasteiger partial charge in [0, 0.05) is 31.6 Å². The van der Waals surface area contributed by atoms with Gasteiger partial charge in [0.2, 0.25) is 21.8 Å². The number of methoxy groups -OCH3 is 2. The van der Waals surface area contributed by atoms with Crippen LogP contribution in [0.3, 0.4) is 0 Å². The van der Waals surface area contributed by atoms with Crippen molar-refractivity contribution in [1.29, 1.82) is 0 Å². The molecule has 0 saturated heterocycles. The molecule has 9 nitrogen and oxygen atoms in total. The van der Waals surface area contributed by atoms with E-state index in [0.29, 0.717) is 30.0 Å². The summed E-state index contributed by atoms with van der Waals surface area (Å²) in [5.41, 5.74) is 1.35. The number of nitrogens with zero attached hydrogens (tertiary/aromatic N) is 2. The molecule has 3 rings (SSSR count). The maximum absolute atomic E-state index is 13.6. The zero-order valence-corrected chi connectivity index (χ0v) is 24.2. The molecule has 214 valence electrons. The second kappa shape index (κ2) is 14.2. The van der Waals surface area contributed by atoms with E-state index in [1.807, 2.05) is 31.2 Å². The van der Waals surface area contributed by atoms with E-state index in [0.717, 1.165) is 37.5 Å². The fraction of sp³-hybridized carbons (Fsp3) is 0.517. The SMILES string of the molecule is CC[C@H](C(=O)NC1CCCC1)N(Cc1ccc(OC)cc1)C(=O)CCCN(c1cccc(OC)c1)S(C)(=O)=O. The first-order chi connectivity index (χ1) is 18.7. The zero-order chi connectivity index (χ0) is 28.4. The van der Waals surface area contributed by atoms with Gasteiger partial charge in [-0.2, -0.15) is 0 Å². The van der Waals surface area contributed by atoms with Crippen LogP contribution in [0, 0.1) is 0 Å². The molecule has 1 fully saturated rings. The van der Waals surface area contributed by atoms with Crippen LogP contribution in [0.1, 0.15) is 57.4 Å². The topological polar surface area (TPSA) is 105 Å². The van der Waals surface area contributed by atoms with Crippen molar-refractivity contribution in [3.63, 3.8) is 0 Å². The minimum atomic E-state index is -3.59. The molecule has 0 heterocycles. The lowest BCUT2D eigenvalue weighted by Crippen LogP contribution is -2.51. The predicted octanol–water partition coefficient (Wildman–Crippen LogP) is 4.12. The van der Waals surface area contributed by atoms with Crippen LogP contribution in [0.2, 0.25) is 0 Å². The molecule has 0 radical (unpaired) electrons. The Morgan fingerprint density at radius 1 is 1.03 bits per heavy atom. The number of nitrogens with one attached hydrogen (secondary N) is 1. The van der Waals surface area contributed by atoms with E-state index in [1.54, 1.807) is 36.3 Å². The van der Waals surface area contributed by atoms with Gasteiger partial charge >= 0.3 is 0 Å². The monoisotopic (exact) mass is 559 g/mol. The van der Waals surface area contributed by atoms with E-state index in [9.17, 15) is 18.0 Å². The molecule has 0 bridgehead atoms. The summed E-state index contributed by atoms with van der Waals surface area (Å²) in [4.78, 5) is 28.5. The van der Waals surface area contributed by atoms with Gasteiger partial charge in [0.05, 0.1) is 26.2 Å². The lowest BCUT2D eigenvalue weighted by molar-refractivity contribution is -0.141. The smallest absolute Gasteiger partial charge is 0.243 e. The average Bonchev–Trinajstić information content (AvgIpc) is 3.43. The van der Waals surface area contributed by atoms with Crippen LogP contribution in [0.5, 0.6) is 11.5 Å². The maximum atomic E-state index is 13.6. The van der Waals surface area contributed by atoms with Gasteiger partial charge in [-0.3, -0.25) is 13.9 Å². The Hall–Kier alpha value is -3.27. The molecule has 1 atom stereocenters. The molecule has 0 aliphatic heterocycles. The van der Waals surface area contributed by atoms with Crippen LogP contribution in [-0.2, 0) is 26.2 Å². The van der Waals surface area contributed by atoms with Gasteiger partial charge in [0.15, 0.2) is 0 Å². The standard InChI is InChI=1S/C29H41N3O6S/c1-5-27(29(34)30-23-10-6-7-11-23)31(21-22-15-17-25(37-2)18-16-22)28(33)14-9-19-32(39(4,35)36)24-12-8-13-26(20-24)38-3/h8,12-13,15-18,20,23,27H,5-7,9-11,14,19,21H2,1-4H3,(H,30,34)/t27-/m1/s1. The first kappa shape index (κ1) is 30.3. The summed E-state index contributed by atoms with van der Waals surface area (Å²) in [5.74, 6) is 0.918. The molecule has 1 aliphatic rings. The predicted molar refractivity (Wildman–Crippen MR) is 152 cm³/mol. The molecule has 10 heteroatoms. The van der Waals surface area contributed by atoms with E-state index in [1.165, 1.54) is 11.4 Å². The minimum absolute atomic E-state index is 0.0966. The van der Waals surface area contributed by atoms with Crippen molar-refractivity contribution in [2.45, 2.75) is 70.5 Å². The van der Waals surface area contributed by atoms with E-state index >= 15 is 0 Å². The number of amides is 2. The third-order valence-corrected chi connectivity index (χ3v) is 8.29. The highest BCUT2D eigenvalue weighted by Gasteiger charge is 2.30. The Morgan fingerprint density at radius 2 is 1.69 bits per heavy atom. The van der Waals surface area contributed by atoms with Gasteiger partial charge in [-0.15, -0.1) is 0 Å². The Balaban J connectivity index is 1.76. The lowest BCUT2D eigenvalue weighted by Gasteiger charge is -2.32. The van der Waals surface area contributed by atoms with Gasteiger partial charge in [0.1, 0.15) is 17.5 Å². The summed E-state index contributed by atoms with van der Waals surface area (Å²) in [6.07, 6.45) is 6.12. The van der Waals surface area contributed by atoms with E-state index in [2.05, 4.69) is 5.32 Å². The number of sulfonamides is 1. The van der Waals surface area contributed by atoms with E-state index < -0.39 is 16.1 Å². The second-order valence-corrected chi connectivity index (χ2v) is 11.8. The molecule has 0 spiro atoms. The summed E-state index contributed by atoms with van der Waals surface area (Å²) in [6.45, 7) is 2.30. The number of ether oxygens (including phenoxy) is 2. The van der Waals surface area contributed by atoms with Crippen molar-refractivity contribution < 1.29 is 27.5 Å². The Kier molecular flexibility index (Phi) is 11.0. The average molecular weight is 560 g/mol. The number of hydrogen-bond donors (Lipinski definition) is 1. The third kappa shape index (κ3) is 8.61. The fourth-order valence-electron chi connectivity index (χ4n) is 4.98. The first-order valence-corrected chi connectivity index (χ1v) is 15.4. The number of carbonyl (C=O) groups excluding carboxylic acids is 2. The van der Waals surface area contributed by atoms with Crippen molar-refractivity contribution in [1.82, 2.24) is 10.2 Å². The molecule has 0 aromatic heterocycles. The summed E-state index contributed by atoms with van der Waals surface area (Å²) in [7, 11) is -0.473. The third-order valence-electron chi connectivity index (χ3n) is 7.09. The van der Waals surface area contributed by atoms with Crippen LogP contribution in [0.4, 0.5) is 5.69 Å². The van der Waals surface area contributed by atoms with Gasteiger partial charge in [-0.05, 0) is 55.5 Å². The van der Waals surface area contributed by atoms with Crippen molar-refractivity contribution in [2.24, 2.45) is 0 Å². The Labute approximate surface area is 232 Å². The molecule has 1 N–H and O–H groups in total. The summed E-state index contributed by atoms with van der Waals surface area (Å²) in [5, 5.41) is 3.14. The molecule has 39 heavy (non-hydrogen) atoms. The number of benzene rings is 2. The van der Waals surface area contributed by atoms with Gasteiger partial charge in [-0.1, -0.05) is 38.0 Å². The molecule has 2 aromatic carbocycles. The minimum Gasteiger partial charge on any atom is -0.497 e. The highest BCUT2D eigenvalue weighted by molar-refractivity contribution is 7.92. The molecule has 2 aromatic rings. The van der Waals surface area contributed by atoms with Crippen molar-refractivity contribution in [3.05, 3.63) is 54.1 Å². The highest BCUT2D eigenvalue weighted by atomic mass is 32.2. The quantitative estimate of drug-likeness (QED) is 0.373. The number of hydrogen-bond acceptors (Lipinski definition) is 6. The van der Waals surface area contributed by atoms with Gasteiger partial charge < -0.3 is 19.7 Å². The molecular weight excluding hydrogens is 518 g/mol. The normalized spacial score (nSPS) is 14.5. The van der Waals surface area contributed by atoms with Gasteiger partial charge in [-0.25, -0.2) is 8.42 Å². The van der Waals surface area contributed by atoms with Crippen LogP contribution in [-0.4, -0.2) is 64.2 Å². The molecule has 0 unspecified atom stereocenters. The molecule has 1 aliphatic carbocycles. The van der Waals surface area contributed by atoms with Crippen molar-refractivity contribution >= 4 is 27.5 Å². The van der Waals surface area contributed by atoms with Crippen LogP contribution < -0.4 is 19.1 Å². The number of anilines is 1. The summed E-state index contributed by atoms with van der Waals surface area (Å²) >= 11 is 0. The molecular formula is C29H41N3O6S. The summed E-state index contributed by atoms with van der Waals surface area (Å²) < 4.78 is 36.9. The van der Waals surface area contributed by atoms with Crippen LogP contribution in [0.15, 0.2) is 48.5 Å². The first-order valence-electron chi connectivity index (χ1n) is 13.5. The van der Waals surface area contributed by atoms with Crippen molar-refractivity contribution in [3.8, 4) is 11.5 Å². The Bertz CT molecular complexity index is 1200. The van der Waals surface area contributed by atoms with Gasteiger partial charge in [0.25, 0.3) is 0 Å². The van der Waals surface area contributed by atoms with E-state index in [4.69, 9.17) is 9.47 Å². The lowest BCUT2D eigenvalue weighted by atomic mass is 10.1. The van der Waals surface area contributed by atoms with Crippen LogP contribution in [0.25, 0.3) is 0 Å². The van der Waals surface area contributed by atoms with Crippen molar-refractivity contribution in [2.75, 3.05) is 31.3 Å². The largest absolute Gasteiger partial charge is 0.497 e. The molecule has 1 saturated carbocycles. The second-order valence-electron chi connectivity index (χ2n) is 9.92.